The number of unbranched alkanes of at least 4 members (excludes halogenated alkanes) is 2. The summed E-state index contributed by atoms with van der Waals surface area (Å²) in [6.45, 7) is 4.42. The van der Waals surface area contributed by atoms with Gasteiger partial charge in [-0.3, -0.25) is 0 Å². The Labute approximate surface area is 52.5 Å². The van der Waals surface area contributed by atoms with Crippen LogP contribution in [0, 0.1) is 0 Å². The maximum absolute atomic E-state index is 2.21. The van der Waals surface area contributed by atoms with Gasteiger partial charge in [-0.05, 0) is 0 Å². The second-order valence-corrected chi connectivity index (χ2v) is 1.35. The Balaban J connectivity index is -0.0000000800. The molecule has 0 unspecified atom stereocenters. The first-order chi connectivity index (χ1) is 2.41. The van der Waals surface area contributed by atoms with Crippen molar-refractivity contribution >= 4 is 0 Å². The Bertz CT molecular complexity index is 15.6. The van der Waals surface area contributed by atoms with Crippen molar-refractivity contribution in [2.24, 2.45) is 0 Å². The highest BCUT2D eigenvalue weighted by atomic mass is 35.5. The second kappa shape index (κ2) is 16.3. The SMILES string of the molecule is CCCCC.[Cl-].[NH4+]. The molecule has 2 heteroatoms. The lowest BCUT2D eigenvalue weighted by Gasteiger charge is -1.79. The van der Waals surface area contributed by atoms with E-state index in [2.05, 4.69) is 13.8 Å². The monoisotopic (exact) mass is 125 g/mol. The Morgan fingerprint density at radius 3 is 1.29 bits per heavy atom. The third kappa shape index (κ3) is 22.3. The molecule has 0 aromatic heterocycles. The quantitative estimate of drug-likeness (QED) is 0.521. The molecule has 0 heterocycles. The lowest BCUT2D eigenvalue weighted by atomic mass is 10.3. The van der Waals surface area contributed by atoms with Gasteiger partial charge in [-0.15, -0.1) is 0 Å². The van der Waals surface area contributed by atoms with E-state index < -0.39 is 0 Å². The molecule has 0 rings (SSSR count). The molecule has 4 N–H and O–H groups in total. The molecule has 7 heavy (non-hydrogen) atoms. The van der Waals surface area contributed by atoms with E-state index in [-0.39, 0.29) is 18.6 Å². The molecule has 0 aromatic carbocycles. The lowest BCUT2D eigenvalue weighted by Crippen LogP contribution is -3.00. The maximum Gasteiger partial charge on any atom is -0.0538 e. The first kappa shape index (κ1) is 15.7. The topological polar surface area (TPSA) is 36.5 Å². The number of halogens is 1. The number of hydrogen-bond donors (Lipinski definition) is 1. The van der Waals surface area contributed by atoms with Gasteiger partial charge in [0.2, 0.25) is 0 Å². The molecule has 0 fully saturated rings. The van der Waals surface area contributed by atoms with Gasteiger partial charge in [0, 0.05) is 0 Å². The maximum atomic E-state index is 2.21. The minimum absolute atomic E-state index is 0. The third-order valence-corrected chi connectivity index (χ3v) is 0.707. The highest BCUT2D eigenvalue weighted by Gasteiger charge is 1.68. The zero-order valence-electron chi connectivity index (χ0n) is 5.50. The van der Waals surface area contributed by atoms with Gasteiger partial charge in [-0.25, -0.2) is 0 Å². The van der Waals surface area contributed by atoms with Gasteiger partial charge < -0.3 is 18.6 Å². The molecular formula is C5H16ClN. The predicted molar refractivity (Wildman–Crippen MR) is 31.2 cm³/mol. The summed E-state index contributed by atoms with van der Waals surface area (Å²) in [7, 11) is 0. The van der Waals surface area contributed by atoms with E-state index in [0.29, 0.717) is 0 Å². The van der Waals surface area contributed by atoms with E-state index in [1.54, 1.807) is 0 Å². The van der Waals surface area contributed by atoms with E-state index in [1.165, 1.54) is 19.3 Å². The van der Waals surface area contributed by atoms with Crippen molar-refractivity contribution < 1.29 is 12.4 Å². The Kier molecular flexibility index (Phi) is 36.5. The van der Waals surface area contributed by atoms with Gasteiger partial charge in [0.1, 0.15) is 0 Å². The minimum atomic E-state index is 0. The van der Waals surface area contributed by atoms with Crippen molar-refractivity contribution in [3.8, 4) is 0 Å². The van der Waals surface area contributed by atoms with Gasteiger partial charge >= 0.3 is 0 Å². The van der Waals surface area contributed by atoms with Crippen LogP contribution in [0.5, 0.6) is 0 Å². The van der Waals surface area contributed by atoms with E-state index in [4.69, 9.17) is 0 Å². The van der Waals surface area contributed by atoms with Gasteiger partial charge in [-0.2, -0.15) is 0 Å². The van der Waals surface area contributed by atoms with Crippen molar-refractivity contribution in [1.82, 2.24) is 6.15 Å². The molecule has 1 nitrogen and oxygen atoms in total. The second-order valence-electron chi connectivity index (χ2n) is 1.35. The van der Waals surface area contributed by atoms with Crippen molar-refractivity contribution in [2.45, 2.75) is 33.1 Å². The van der Waals surface area contributed by atoms with Crippen molar-refractivity contribution in [3.05, 3.63) is 0 Å². The largest absolute Gasteiger partial charge is 1.00 e. The van der Waals surface area contributed by atoms with Gasteiger partial charge in [0.25, 0.3) is 0 Å². The summed E-state index contributed by atoms with van der Waals surface area (Å²) in [6.07, 6.45) is 4.08. The smallest absolute Gasteiger partial charge is 0.0538 e. The fourth-order valence-corrected chi connectivity index (χ4v) is 0.354. The zero-order chi connectivity index (χ0) is 4.12. The van der Waals surface area contributed by atoms with Crippen LogP contribution < -0.4 is 18.6 Å². The van der Waals surface area contributed by atoms with E-state index >= 15 is 0 Å². The molecule has 0 aliphatic rings. The summed E-state index contributed by atoms with van der Waals surface area (Å²) in [4.78, 5) is 0. The average molecular weight is 126 g/mol. The zero-order valence-corrected chi connectivity index (χ0v) is 6.26. The molecule has 48 valence electrons. The van der Waals surface area contributed by atoms with Crippen molar-refractivity contribution in [3.63, 3.8) is 0 Å². The molecule has 0 aliphatic carbocycles. The summed E-state index contributed by atoms with van der Waals surface area (Å²) in [6, 6.07) is 0. The molecular weight excluding hydrogens is 110 g/mol. The van der Waals surface area contributed by atoms with Crippen LogP contribution in [0.15, 0.2) is 0 Å². The van der Waals surface area contributed by atoms with Crippen LogP contribution in [-0.4, -0.2) is 0 Å². The van der Waals surface area contributed by atoms with Crippen LogP contribution in [0.2, 0.25) is 0 Å². The van der Waals surface area contributed by atoms with Crippen LogP contribution in [0.1, 0.15) is 33.1 Å². The highest BCUT2D eigenvalue weighted by molar-refractivity contribution is 4.24. The van der Waals surface area contributed by atoms with Crippen LogP contribution in [0.3, 0.4) is 0 Å². The minimum Gasteiger partial charge on any atom is -1.00 e. The summed E-state index contributed by atoms with van der Waals surface area (Å²) < 4.78 is 0. The Hall–Kier alpha value is 0.250. The van der Waals surface area contributed by atoms with Crippen LogP contribution >= 0.6 is 0 Å². The molecule has 0 aliphatic heterocycles. The Morgan fingerprint density at radius 1 is 1.00 bits per heavy atom. The highest BCUT2D eigenvalue weighted by Crippen LogP contribution is 1.88. The fraction of sp³-hybridized carbons (Fsp3) is 1.00. The summed E-state index contributed by atoms with van der Waals surface area (Å²) in [5, 5.41) is 0. The first-order valence-electron chi connectivity index (χ1n) is 2.41. The van der Waals surface area contributed by atoms with Gasteiger partial charge in [-0.1, -0.05) is 33.1 Å². The molecule has 0 aromatic rings. The summed E-state index contributed by atoms with van der Waals surface area (Å²) in [5.74, 6) is 0. The molecule has 0 amide bonds. The molecule has 0 saturated heterocycles. The summed E-state index contributed by atoms with van der Waals surface area (Å²) in [5.41, 5.74) is 0. The molecule has 0 atom stereocenters. The molecule has 0 saturated carbocycles. The van der Waals surface area contributed by atoms with E-state index in [1.807, 2.05) is 0 Å². The first-order valence-corrected chi connectivity index (χ1v) is 2.41. The van der Waals surface area contributed by atoms with Crippen molar-refractivity contribution in [1.29, 1.82) is 0 Å². The van der Waals surface area contributed by atoms with Gasteiger partial charge in [0.15, 0.2) is 0 Å². The molecule has 0 bridgehead atoms. The number of hydrogen-bond acceptors (Lipinski definition) is 0. The van der Waals surface area contributed by atoms with Crippen molar-refractivity contribution in [2.75, 3.05) is 0 Å². The fourth-order valence-electron chi connectivity index (χ4n) is 0.354. The van der Waals surface area contributed by atoms with Crippen LogP contribution in [-0.2, 0) is 0 Å². The van der Waals surface area contributed by atoms with Crippen LogP contribution in [0.25, 0.3) is 0 Å². The summed E-state index contributed by atoms with van der Waals surface area (Å²) >= 11 is 0. The van der Waals surface area contributed by atoms with Gasteiger partial charge in [0.05, 0.1) is 0 Å². The van der Waals surface area contributed by atoms with Crippen LogP contribution in [0.4, 0.5) is 0 Å². The molecule has 0 radical (unpaired) electrons. The lowest BCUT2D eigenvalue weighted by molar-refractivity contribution is -0.00000173. The molecule has 0 spiro atoms. The predicted octanol–water partition coefficient (Wildman–Crippen LogP) is -0.423. The van der Waals surface area contributed by atoms with E-state index in [9.17, 15) is 0 Å². The number of rotatable bonds is 2. The third-order valence-electron chi connectivity index (χ3n) is 0.707. The standard InChI is InChI=1S/C5H12.ClH.H3N/c1-3-5-4-2;;/h3-5H2,1-2H3;1H;1H3. The number of quaternary nitrogens is 1. The average Bonchev–Trinajstić information content (AvgIpc) is 1.41. The van der Waals surface area contributed by atoms with E-state index in [0.717, 1.165) is 0 Å². The Morgan fingerprint density at radius 2 is 1.29 bits per heavy atom. The normalized spacial score (nSPS) is 6.00.